The van der Waals surface area contributed by atoms with Gasteiger partial charge >= 0.3 is 0 Å². The van der Waals surface area contributed by atoms with E-state index in [1.807, 2.05) is 11.5 Å². The number of fused-ring (bicyclic) bond motifs is 1. The van der Waals surface area contributed by atoms with Gasteiger partial charge in [0.25, 0.3) is 5.91 Å². The van der Waals surface area contributed by atoms with Gasteiger partial charge < -0.3 is 4.57 Å². The van der Waals surface area contributed by atoms with Gasteiger partial charge in [-0.15, -0.1) is 6.58 Å². The highest BCUT2D eigenvalue weighted by atomic mass is 32.2. The molecule has 33 heavy (non-hydrogen) atoms. The van der Waals surface area contributed by atoms with E-state index in [2.05, 4.69) is 37.6 Å². The molecule has 174 valence electrons. The molecule has 0 atom stereocenters. The summed E-state index contributed by atoms with van der Waals surface area (Å²) in [5.41, 5.74) is 3.69. The van der Waals surface area contributed by atoms with Gasteiger partial charge in [0.1, 0.15) is 0 Å². The highest BCUT2D eigenvalue weighted by Crippen LogP contribution is 2.25. The maximum absolute atomic E-state index is 12.9. The first-order chi connectivity index (χ1) is 15.7. The Bertz CT molecular complexity index is 1370. The lowest BCUT2D eigenvalue weighted by Gasteiger charge is -2.29. The first-order valence-corrected chi connectivity index (χ1v) is 13.4. The number of thiazole rings is 1. The van der Waals surface area contributed by atoms with E-state index in [9.17, 15) is 13.2 Å². The minimum absolute atomic E-state index is 0.211. The Morgan fingerprint density at radius 2 is 1.85 bits per heavy atom. The topological polar surface area (TPSA) is 71.7 Å². The molecule has 0 saturated carbocycles. The Balaban J connectivity index is 1.65. The molecule has 1 aromatic heterocycles. The third-order valence-electron chi connectivity index (χ3n) is 6.10. The molecule has 4 rings (SSSR count). The summed E-state index contributed by atoms with van der Waals surface area (Å²) >= 11 is 1.47. The number of sulfonamides is 1. The van der Waals surface area contributed by atoms with Crippen molar-refractivity contribution in [1.29, 1.82) is 0 Å². The molecule has 0 N–H and O–H groups in total. The average Bonchev–Trinajstić information content (AvgIpc) is 3.11. The van der Waals surface area contributed by atoms with Crippen LogP contribution in [0.2, 0.25) is 0 Å². The summed E-state index contributed by atoms with van der Waals surface area (Å²) in [6.45, 7) is 11.7. The van der Waals surface area contributed by atoms with E-state index in [0.29, 0.717) is 35.9 Å². The lowest BCUT2D eigenvalue weighted by molar-refractivity contribution is 0.0997. The third-order valence-corrected chi connectivity index (χ3v) is 9.04. The molecule has 8 heteroatoms. The highest BCUT2D eigenvalue weighted by molar-refractivity contribution is 7.89. The molecule has 1 aliphatic rings. The number of hydrogen-bond acceptors (Lipinski definition) is 4. The van der Waals surface area contributed by atoms with Crippen molar-refractivity contribution in [2.24, 2.45) is 10.9 Å². The van der Waals surface area contributed by atoms with Crippen LogP contribution in [0.15, 0.2) is 58.9 Å². The number of carbonyl (C=O) groups is 1. The van der Waals surface area contributed by atoms with Crippen LogP contribution in [0.25, 0.3) is 10.2 Å². The van der Waals surface area contributed by atoms with Crippen LogP contribution in [-0.4, -0.2) is 36.3 Å². The number of carbonyl (C=O) groups excluding carboxylic acids is 1. The molecule has 0 bridgehead atoms. The van der Waals surface area contributed by atoms with Crippen LogP contribution >= 0.6 is 11.3 Å². The van der Waals surface area contributed by atoms with Crippen molar-refractivity contribution >= 4 is 37.5 Å². The van der Waals surface area contributed by atoms with Gasteiger partial charge in [0.2, 0.25) is 10.0 Å². The SMILES string of the molecule is C=CCn1c(=NC(=O)c2ccc(S(=O)(=O)N3CCC(C)CC3)cc2)sc2cc(C)cc(C)c21. The average molecular weight is 484 g/mol. The van der Waals surface area contributed by atoms with Gasteiger partial charge in [0.15, 0.2) is 4.80 Å². The lowest BCUT2D eigenvalue weighted by Crippen LogP contribution is -2.37. The minimum Gasteiger partial charge on any atom is -0.312 e. The maximum Gasteiger partial charge on any atom is 0.279 e. The van der Waals surface area contributed by atoms with Crippen LogP contribution < -0.4 is 4.80 Å². The highest BCUT2D eigenvalue weighted by Gasteiger charge is 2.28. The summed E-state index contributed by atoms with van der Waals surface area (Å²) in [6, 6.07) is 10.3. The summed E-state index contributed by atoms with van der Waals surface area (Å²) in [4.78, 5) is 18.1. The molecule has 2 aromatic carbocycles. The molecule has 0 unspecified atom stereocenters. The van der Waals surface area contributed by atoms with E-state index in [1.165, 1.54) is 27.8 Å². The first-order valence-electron chi connectivity index (χ1n) is 11.1. The maximum atomic E-state index is 12.9. The molecule has 1 aliphatic heterocycles. The van der Waals surface area contributed by atoms with Crippen molar-refractivity contribution in [3.05, 3.63) is 70.5 Å². The number of aryl methyl sites for hydroxylation is 2. The predicted octanol–water partition coefficient (Wildman–Crippen LogP) is 4.67. The van der Waals surface area contributed by atoms with Crippen LogP contribution in [0.1, 0.15) is 41.3 Å². The molecule has 6 nitrogen and oxygen atoms in total. The quantitative estimate of drug-likeness (QED) is 0.495. The second kappa shape index (κ2) is 9.37. The zero-order chi connectivity index (χ0) is 23.8. The van der Waals surface area contributed by atoms with Crippen LogP contribution in [0.4, 0.5) is 0 Å². The van der Waals surface area contributed by atoms with Gasteiger partial charge in [-0.1, -0.05) is 30.4 Å². The van der Waals surface area contributed by atoms with Gasteiger partial charge in [-0.25, -0.2) is 8.42 Å². The number of benzene rings is 2. The molecule has 1 amide bonds. The molecule has 0 spiro atoms. The molecule has 3 aromatic rings. The molecular formula is C25H29N3O3S2. The number of allylic oxidation sites excluding steroid dienone is 1. The fourth-order valence-electron chi connectivity index (χ4n) is 4.27. The number of hydrogen-bond donors (Lipinski definition) is 0. The summed E-state index contributed by atoms with van der Waals surface area (Å²) < 4.78 is 30.5. The van der Waals surface area contributed by atoms with Crippen molar-refractivity contribution in [2.45, 2.75) is 45.1 Å². The van der Waals surface area contributed by atoms with Gasteiger partial charge in [0.05, 0.1) is 15.1 Å². The van der Waals surface area contributed by atoms with Gasteiger partial charge in [-0.2, -0.15) is 9.30 Å². The lowest BCUT2D eigenvalue weighted by atomic mass is 10.0. The summed E-state index contributed by atoms with van der Waals surface area (Å²) in [5, 5.41) is 0. The Labute approximate surface area is 199 Å². The zero-order valence-electron chi connectivity index (χ0n) is 19.2. The fraction of sp³-hybridized carbons (Fsp3) is 0.360. The number of aromatic nitrogens is 1. The van der Waals surface area contributed by atoms with Crippen LogP contribution in [0, 0.1) is 19.8 Å². The van der Waals surface area contributed by atoms with Crippen molar-refractivity contribution < 1.29 is 13.2 Å². The number of piperidine rings is 1. The van der Waals surface area contributed by atoms with E-state index < -0.39 is 15.9 Å². The summed E-state index contributed by atoms with van der Waals surface area (Å²) in [5.74, 6) is 0.146. The van der Waals surface area contributed by atoms with Gasteiger partial charge in [-0.05, 0) is 74.1 Å². The monoisotopic (exact) mass is 483 g/mol. The van der Waals surface area contributed by atoms with Gasteiger partial charge in [0, 0.05) is 25.2 Å². The van der Waals surface area contributed by atoms with Crippen molar-refractivity contribution in [3.63, 3.8) is 0 Å². The minimum atomic E-state index is -3.55. The van der Waals surface area contributed by atoms with E-state index in [4.69, 9.17) is 0 Å². The molecule has 0 aliphatic carbocycles. The second-order valence-corrected chi connectivity index (χ2v) is 11.7. The molecular weight excluding hydrogens is 454 g/mol. The van der Waals surface area contributed by atoms with Crippen molar-refractivity contribution in [1.82, 2.24) is 8.87 Å². The Morgan fingerprint density at radius 1 is 1.18 bits per heavy atom. The smallest absolute Gasteiger partial charge is 0.279 e. The largest absolute Gasteiger partial charge is 0.312 e. The van der Waals surface area contributed by atoms with Crippen LogP contribution in [0.5, 0.6) is 0 Å². The zero-order valence-corrected chi connectivity index (χ0v) is 20.9. The van der Waals surface area contributed by atoms with E-state index in [-0.39, 0.29) is 4.90 Å². The van der Waals surface area contributed by atoms with Crippen LogP contribution in [0.3, 0.4) is 0 Å². The standard InChI is InChI=1S/C25H29N3O3S2/c1-5-12-28-23-19(4)15-18(3)16-22(23)32-25(28)26-24(29)20-6-8-21(9-7-20)33(30,31)27-13-10-17(2)11-14-27/h5-9,15-17H,1,10-14H2,2-4H3. The van der Waals surface area contributed by atoms with Crippen molar-refractivity contribution in [2.75, 3.05) is 13.1 Å². The number of nitrogens with zero attached hydrogens (tertiary/aromatic N) is 3. The molecule has 0 radical (unpaired) electrons. The first kappa shape index (κ1) is 23.6. The van der Waals surface area contributed by atoms with Gasteiger partial charge in [-0.3, -0.25) is 4.79 Å². The number of rotatable bonds is 5. The third kappa shape index (κ3) is 4.74. The Morgan fingerprint density at radius 3 is 2.48 bits per heavy atom. The van der Waals surface area contributed by atoms with Crippen molar-refractivity contribution in [3.8, 4) is 0 Å². The molecule has 1 fully saturated rings. The predicted molar refractivity (Wildman–Crippen MR) is 133 cm³/mol. The van der Waals surface area contributed by atoms with Crippen LogP contribution in [-0.2, 0) is 16.6 Å². The Kier molecular flexibility index (Phi) is 6.70. The summed E-state index contributed by atoms with van der Waals surface area (Å²) in [6.07, 6.45) is 3.52. The normalized spacial score (nSPS) is 16.4. The van der Waals surface area contributed by atoms with E-state index in [1.54, 1.807) is 18.2 Å². The summed E-state index contributed by atoms with van der Waals surface area (Å²) in [7, 11) is -3.55. The second-order valence-electron chi connectivity index (χ2n) is 8.74. The number of amides is 1. The molecule has 2 heterocycles. The Hall–Kier alpha value is -2.55. The fourth-order valence-corrected chi connectivity index (χ4v) is 6.95. The van der Waals surface area contributed by atoms with E-state index in [0.717, 1.165) is 34.2 Å². The van der Waals surface area contributed by atoms with E-state index >= 15 is 0 Å². The molecule has 1 saturated heterocycles.